The number of imidazole rings is 1. The van der Waals surface area contributed by atoms with E-state index in [2.05, 4.69) is 15.4 Å². The van der Waals surface area contributed by atoms with Crippen molar-refractivity contribution < 1.29 is 9.53 Å². The Balaban J connectivity index is 1.46. The smallest absolute Gasteiger partial charge is 0.345 e. The molecule has 3 heterocycles. The van der Waals surface area contributed by atoms with Crippen LogP contribution < -0.4 is 11.0 Å². The minimum absolute atomic E-state index is 0.0622. The first-order valence-corrected chi connectivity index (χ1v) is 9.05. The summed E-state index contributed by atoms with van der Waals surface area (Å²) in [5.41, 5.74) is -0.0810. The molecular formula is C17H26N6O3. The van der Waals surface area contributed by atoms with Crippen LogP contribution in [0.4, 0.5) is 0 Å². The van der Waals surface area contributed by atoms with Gasteiger partial charge in [-0.1, -0.05) is 0 Å². The number of hydrogen-bond acceptors (Lipinski definition) is 5. The summed E-state index contributed by atoms with van der Waals surface area (Å²) in [6, 6.07) is 0. The molecule has 0 saturated heterocycles. The van der Waals surface area contributed by atoms with E-state index in [1.165, 1.54) is 4.68 Å². The van der Waals surface area contributed by atoms with E-state index < -0.39 is 0 Å². The van der Waals surface area contributed by atoms with Crippen molar-refractivity contribution in [1.29, 1.82) is 0 Å². The maximum Gasteiger partial charge on any atom is 0.345 e. The number of methoxy groups -OCH3 is 1. The molecule has 0 saturated carbocycles. The molecule has 9 nitrogen and oxygen atoms in total. The van der Waals surface area contributed by atoms with Gasteiger partial charge in [0.2, 0.25) is 5.91 Å². The van der Waals surface area contributed by atoms with Crippen LogP contribution in [0.15, 0.2) is 23.5 Å². The van der Waals surface area contributed by atoms with E-state index in [-0.39, 0.29) is 17.5 Å². The van der Waals surface area contributed by atoms with Crippen LogP contribution in [0.2, 0.25) is 0 Å². The SMILES string of the molecule is COCCn1nc2n(c1=O)CCC(CC(=O)NCCn1ccnc1)CC2. The molecular weight excluding hydrogens is 336 g/mol. The first-order chi connectivity index (χ1) is 12.7. The van der Waals surface area contributed by atoms with Gasteiger partial charge in [-0.2, -0.15) is 5.10 Å². The Morgan fingerprint density at radius 1 is 1.38 bits per heavy atom. The molecule has 2 aromatic heterocycles. The zero-order chi connectivity index (χ0) is 18.4. The van der Waals surface area contributed by atoms with E-state index in [4.69, 9.17) is 4.74 Å². The summed E-state index contributed by atoms with van der Waals surface area (Å²) < 4.78 is 10.2. The number of nitrogens with one attached hydrogen (secondary N) is 1. The second kappa shape index (κ2) is 8.79. The quantitative estimate of drug-likeness (QED) is 0.716. The molecule has 1 unspecified atom stereocenters. The molecule has 1 aliphatic heterocycles. The zero-order valence-corrected chi connectivity index (χ0v) is 15.1. The summed E-state index contributed by atoms with van der Waals surface area (Å²) in [5.74, 6) is 1.15. The van der Waals surface area contributed by atoms with Crippen LogP contribution in [-0.4, -0.2) is 50.1 Å². The van der Waals surface area contributed by atoms with Gasteiger partial charge in [-0.15, -0.1) is 0 Å². The van der Waals surface area contributed by atoms with Crippen molar-refractivity contribution in [3.05, 3.63) is 35.0 Å². The maximum absolute atomic E-state index is 12.4. The second-order valence-corrected chi connectivity index (χ2v) is 6.61. The van der Waals surface area contributed by atoms with E-state index in [9.17, 15) is 9.59 Å². The molecule has 1 N–H and O–H groups in total. The molecule has 0 aliphatic carbocycles. The number of aryl methyl sites for hydroxylation is 1. The van der Waals surface area contributed by atoms with Gasteiger partial charge in [0.05, 0.1) is 19.5 Å². The monoisotopic (exact) mass is 362 g/mol. The Morgan fingerprint density at radius 3 is 3.04 bits per heavy atom. The highest BCUT2D eigenvalue weighted by Gasteiger charge is 2.22. The average molecular weight is 362 g/mol. The molecule has 0 bridgehead atoms. The van der Waals surface area contributed by atoms with Crippen molar-refractivity contribution >= 4 is 5.91 Å². The van der Waals surface area contributed by atoms with Gasteiger partial charge in [0.15, 0.2) is 0 Å². The van der Waals surface area contributed by atoms with Crippen LogP contribution >= 0.6 is 0 Å². The summed E-state index contributed by atoms with van der Waals surface area (Å²) in [6.07, 6.45) is 8.24. The molecule has 0 radical (unpaired) electrons. The minimum atomic E-state index is -0.0810. The lowest BCUT2D eigenvalue weighted by Gasteiger charge is -2.13. The predicted molar refractivity (Wildman–Crippen MR) is 94.6 cm³/mol. The number of amides is 1. The van der Waals surface area contributed by atoms with Gasteiger partial charge in [0.1, 0.15) is 5.82 Å². The molecule has 142 valence electrons. The third kappa shape index (κ3) is 4.60. The number of nitrogens with zero attached hydrogens (tertiary/aromatic N) is 5. The fraction of sp³-hybridized carbons (Fsp3) is 0.647. The summed E-state index contributed by atoms with van der Waals surface area (Å²) in [6.45, 7) is 2.87. The molecule has 0 fully saturated rings. The predicted octanol–water partition coefficient (Wildman–Crippen LogP) is 0.0467. The number of fused-ring (bicyclic) bond motifs is 1. The Bertz CT molecular complexity index is 764. The third-order valence-corrected chi connectivity index (χ3v) is 4.77. The standard InChI is InChI=1S/C17H26N6O3/c1-26-11-10-23-17(25)22-7-4-14(2-3-15(22)20-23)12-16(24)19-6-9-21-8-5-18-13-21/h5,8,13-14H,2-4,6-7,9-12H2,1H3,(H,19,24). The Hall–Kier alpha value is -2.42. The Morgan fingerprint density at radius 2 is 2.27 bits per heavy atom. The van der Waals surface area contributed by atoms with E-state index in [1.54, 1.807) is 24.2 Å². The van der Waals surface area contributed by atoms with Crippen LogP contribution in [0.5, 0.6) is 0 Å². The van der Waals surface area contributed by atoms with Crippen molar-refractivity contribution in [3.8, 4) is 0 Å². The van der Waals surface area contributed by atoms with E-state index >= 15 is 0 Å². The number of aromatic nitrogens is 5. The fourth-order valence-electron chi connectivity index (χ4n) is 3.29. The highest BCUT2D eigenvalue weighted by molar-refractivity contribution is 5.76. The molecule has 3 rings (SSSR count). The lowest BCUT2D eigenvalue weighted by Crippen LogP contribution is -2.29. The molecule has 0 aromatic carbocycles. The van der Waals surface area contributed by atoms with Gasteiger partial charge in [-0.25, -0.2) is 14.5 Å². The molecule has 26 heavy (non-hydrogen) atoms. The number of rotatable bonds is 8. The van der Waals surface area contributed by atoms with Crippen LogP contribution in [0.3, 0.4) is 0 Å². The van der Waals surface area contributed by atoms with Crippen molar-refractivity contribution in [2.24, 2.45) is 5.92 Å². The van der Waals surface area contributed by atoms with Gasteiger partial charge >= 0.3 is 5.69 Å². The van der Waals surface area contributed by atoms with Gasteiger partial charge in [-0.05, 0) is 18.8 Å². The highest BCUT2D eigenvalue weighted by Crippen LogP contribution is 2.20. The molecule has 1 atom stereocenters. The summed E-state index contributed by atoms with van der Waals surface area (Å²) in [4.78, 5) is 28.5. The van der Waals surface area contributed by atoms with Crippen molar-refractivity contribution in [2.45, 2.75) is 45.3 Å². The zero-order valence-electron chi connectivity index (χ0n) is 15.1. The fourth-order valence-corrected chi connectivity index (χ4v) is 3.29. The van der Waals surface area contributed by atoms with Crippen LogP contribution in [0.1, 0.15) is 25.1 Å². The highest BCUT2D eigenvalue weighted by atomic mass is 16.5. The largest absolute Gasteiger partial charge is 0.383 e. The topological polar surface area (TPSA) is 96.0 Å². The third-order valence-electron chi connectivity index (χ3n) is 4.77. The normalized spacial score (nSPS) is 16.9. The Labute approximate surface area is 152 Å². The molecule has 1 amide bonds. The average Bonchev–Trinajstić information content (AvgIpc) is 3.19. The van der Waals surface area contributed by atoms with E-state index in [0.717, 1.165) is 25.1 Å². The molecule has 2 aromatic rings. The number of carbonyl (C=O) groups is 1. The van der Waals surface area contributed by atoms with Crippen molar-refractivity contribution in [3.63, 3.8) is 0 Å². The number of ether oxygens (including phenoxy) is 1. The van der Waals surface area contributed by atoms with Crippen LogP contribution in [0.25, 0.3) is 0 Å². The van der Waals surface area contributed by atoms with Gasteiger partial charge in [0, 0.05) is 52.0 Å². The van der Waals surface area contributed by atoms with Crippen LogP contribution in [-0.2, 0) is 35.6 Å². The molecule has 1 aliphatic rings. The van der Waals surface area contributed by atoms with Gasteiger partial charge in [-0.3, -0.25) is 9.36 Å². The maximum atomic E-state index is 12.4. The van der Waals surface area contributed by atoms with Gasteiger partial charge < -0.3 is 14.6 Å². The number of carbonyl (C=O) groups excluding carboxylic acids is 1. The number of hydrogen-bond donors (Lipinski definition) is 1. The van der Waals surface area contributed by atoms with Crippen molar-refractivity contribution in [1.82, 2.24) is 29.2 Å². The molecule has 0 spiro atoms. The minimum Gasteiger partial charge on any atom is -0.383 e. The van der Waals surface area contributed by atoms with Crippen LogP contribution in [0, 0.1) is 5.92 Å². The second-order valence-electron chi connectivity index (χ2n) is 6.61. The first-order valence-electron chi connectivity index (χ1n) is 9.05. The summed E-state index contributed by atoms with van der Waals surface area (Å²) >= 11 is 0. The first kappa shape index (κ1) is 18.4. The van der Waals surface area contributed by atoms with Crippen molar-refractivity contribution in [2.75, 3.05) is 20.3 Å². The summed E-state index contributed by atoms with van der Waals surface area (Å²) in [7, 11) is 1.61. The van der Waals surface area contributed by atoms with Gasteiger partial charge in [0.25, 0.3) is 0 Å². The lowest BCUT2D eigenvalue weighted by molar-refractivity contribution is -0.122. The Kier molecular flexibility index (Phi) is 6.21. The lowest BCUT2D eigenvalue weighted by atomic mass is 9.96. The molecule has 9 heteroatoms. The van der Waals surface area contributed by atoms with E-state index in [1.807, 2.05) is 10.8 Å². The summed E-state index contributed by atoms with van der Waals surface area (Å²) in [5, 5.41) is 7.37. The van der Waals surface area contributed by atoms with E-state index in [0.29, 0.717) is 39.2 Å².